The van der Waals surface area contributed by atoms with E-state index in [0.29, 0.717) is 0 Å². The van der Waals surface area contributed by atoms with Crippen LogP contribution < -0.4 is 0 Å². The number of rotatable bonds is 0. The summed E-state index contributed by atoms with van der Waals surface area (Å²) in [5.41, 5.74) is 0. The molecule has 0 rings (SSSR count). The van der Waals surface area contributed by atoms with Crippen molar-refractivity contribution < 1.29 is 76.7 Å². The average molecular weight is 384 g/mol. The maximum Gasteiger partial charge on any atom is 0 e. The van der Waals surface area contributed by atoms with E-state index < -0.39 is 13.6 Å². The molecule has 0 aromatic heterocycles. The van der Waals surface area contributed by atoms with Crippen LogP contribution in [0.3, 0.4) is 0 Å². The predicted octanol–water partition coefficient (Wildman–Crippen LogP) is -1.36. The fraction of sp³-hybridized carbons (Fsp3) is 0. The van der Waals surface area contributed by atoms with Gasteiger partial charge < -0.3 is 0 Å². The Bertz CT molecular complexity index is 94.9. The molecule has 0 unspecified atom stereocenters. The third-order valence-electron chi connectivity index (χ3n) is 0. The van der Waals surface area contributed by atoms with Crippen LogP contribution in [0.4, 0.5) is 0 Å². The Balaban J connectivity index is -0.0000000800. The van der Waals surface area contributed by atoms with Gasteiger partial charge in [-0.2, -0.15) is 0 Å². The normalized spacial score (nSPS) is 8.29. The quantitative estimate of drug-likeness (QED) is 0.507. The van der Waals surface area contributed by atoms with E-state index >= 15 is 0 Å². The Morgan fingerprint density at radius 2 is 1.14 bits per heavy atom. The van der Waals surface area contributed by atoms with Crippen LogP contribution in [0.15, 0.2) is 0 Å². The van der Waals surface area contributed by atoms with Gasteiger partial charge in [0.05, 0.1) is 0 Å². The van der Waals surface area contributed by atoms with Crippen molar-refractivity contribution in [2.24, 2.45) is 0 Å². The Morgan fingerprint density at radius 1 is 1.14 bits per heavy atom. The molecule has 36 valence electrons. The zero-order valence-corrected chi connectivity index (χ0v) is 13.3. The van der Waals surface area contributed by atoms with Crippen LogP contribution in [0.5, 0.6) is 0 Å². The number of hydrogen-bond acceptors (Lipinski definition) is 2. The second kappa shape index (κ2) is 5.74. The van der Waals surface area contributed by atoms with Gasteiger partial charge >= 0.3 is 29.5 Å². The van der Waals surface area contributed by atoms with Gasteiger partial charge in [0.1, 0.15) is 0 Å². The smallest absolute Gasteiger partial charge is 0 e. The second-order valence-corrected chi connectivity index (χ2v) is 1.85. The SMILES string of the molecule is [Hg].[O]=[Cr](=[O])([OH])[OH].[Zn]. The molecule has 0 aliphatic heterocycles. The van der Waals surface area contributed by atoms with Crippen molar-refractivity contribution in [3.63, 3.8) is 0 Å². The molecule has 0 fully saturated rings. The number of hydrogen-bond donors (Lipinski definition) is 2. The van der Waals surface area contributed by atoms with Crippen LogP contribution >= 0.6 is 0 Å². The third kappa shape index (κ3) is 92.3. The fourth-order valence-corrected chi connectivity index (χ4v) is 0. The maximum absolute atomic E-state index is 8.82. The zero-order valence-electron chi connectivity index (χ0n) is 3.53. The molecule has 0 saturated carbocycles. The standard InChI is InChI=1S/Cr.Hg.2H2O.2O.Zn/h;;2*1H2;;;/q+2;;;;;;/p-2. The molecule has 0 spiro atoms. The van der Waals surface area contributed by atoms with E-state index in [1.54, 1.807) is 0 Å². The van der Waals surface area contributed by atoms with Crippen LogP contribution in [0.1, 0.15) is 0 Å². The molecule has 0 bridgehead atoms. The average Bonchev–Trinajstić information content (AvgIpc) is 0.722. The monoisotopic (exact) mass is 384 g/mol. The molecule has 2 N–H and O–H groups in total. The van der Waals surface area contributed by atoms with Gasteiger partial charge in [-0.05, 0) is 0 Å². The maximum atomic E-state index is 8.82. The summed E-state index contributed by atoms with van der Waals surface area (Å²) in [7, 11) is 0. The van der Waals surface area contributed by atoms with Gasteiger partial charge in [0, 0.05) is 47.1 Å². The minimum Gasteiger partial charge on any atom is 0 e. The van der Waals surface area contributed by atoms with Crippen molar-refractivity contribution in [3.8, 4) is 0 Å². The van der Waals surface area contributed by atoms with Gasteiger partial charge in [0.2, 0.25) is 0 Å². The van der Waals surface area contributed by atoms with Crippen molar-refractivity contribution in [3.05, 3.63) is 0 Å². The first-order valence-electron chi connectivity index (χ1n) is 0.698. The first-order chi connectivity index (χ1) is 2.00. The summed E-state index contributed by atoms with van der Waals surface area (Å²) in [6.07, 6.45) is 0. The van der Waals surface area contributed by atoms with Gasteiger partial charge in [-0.1, -0.05) is 0 Å². The van der Waals surface area contributed by atoms with Crippen molar-refractivity contribution >= 4 is 0 Å². The van der Waals surface area contributed by atoms with E-state index in [1.807, 2.05) is 0 Å². The molecule has 4 nitrogen and oxygen atoms in total. The predicted molar refractivity (Wildman–Crippen MR) is 5.81 cm³/mol. The zero-order chi connectivity index (χ0) is 4.50. The molecule has 0 aromatic rings. The summed E-state index contributed by atoms with van der Waals surface area (Å²) >= 11 is -5.25. The molecule has 0 amide bonds. The summed E-state index contributed by atoms with van der Waals surface area (Å²) in [5.74, 6) is 0. The van der Waals surface area contributed by atoms with Crippen molar-refractivity contribution in [1.29, 1.82) is 0 Å². The molecule has 0 saturated heterocycles. The molecular weight excluding hydrogens is 382 g/mol. The summed E-state index contributed by atoms with van der Waals surface area (Å²) in [4.78, 5) is 0. The van der Waals surface area contributed by atoms with Gasteiger partial charge in [-0.25, -0.2) is 0 Å². The molecule has 0 radical (unpaired) electrons. The van der Waals surface area contributed by atoms with Gasteiger partial charge in [0.15, 0.2) is 0 Å². The Kier molecular flexibility index (Phi) is 13.0. The van der Waals surface area contributed by atoms with E-state index in [4.69, 9.17) is 15.9 Å². The van der Waals surface area contributed by atoms with Gasteiger partial charge in [-0.15, -0.1) is 0 Å². The molecule has 0 aliphatic rings. The van der Waals surface area contributed by atoms with Crippen LogP contribution in [0.25, 0.3) is 0 Å². The van der Waals surface area contributed by atoms with Crippen LogP contribution in [-0.2, 0) is 68.4 Å². The minimum absolute atomic E-state index is 0. The molecule has 7 heteroatoms. The first-order valence-corrected chi connectivity index (χ1v) is 2.88. The Morgan fingerprint density at radius 3 is 1.14 bits per heavy atom. The largest absolute Gasteiger partial charge is 0 e. The van der Waals surface area contributed by atoms with E-state index in [0.717, 1.165) is 0 Å². The molecule has 0 aliphatic carbocycles. The minimum atomic E-state index is -5.25. The van der Waals surface area contributed by atoms with Gasteiger partial charge in [-0.3, -0.25) is 0 Å². The molecule has 0 aromatic carbocycles. The van der Waals surface area contributed by atoms with Crippen LogP contribution in [0.2, 0.25) is 0 Å². The molecule has 7 heavy (non-hydrogen) atoms. The summed E-state index contributed by atoms with van der Waals surface area (Å²) in [5, 5.41) is 0. The molecular formula is H2CrHgO4Zn. The topological polar surface area (TPSA) is 74.6 Å². The fourth-order valence-electron chi connectivity index (χ4n) is 0. The summed E-state index contributed by atoms with van der Waals surface area (Å²) in [6.45, 7) is 0. The second-order valence-electron chi connectivity index (χ2n) is 0.448. The van der Waals surface area contributed by atoms with E-state index in [1.165, 1.54) is 0 Å². The van der Waals surface area contributed by atoms with Crippen molar-refractivity contribution in [1.82, 2.24) is 0 Å². The Hall–Kier alpha value is 1.61. The van der Waals surface area contributed by atoms with E-state index in [2.05, 4.69) is 0 Å². The Labute approximate surface area is 76.0 Å². The van der Waals surface area contributed by atoms with Crippen LogP contribution in [0, 0.1) is 0 Å². The first kappa shape index (κ1) is 15.8. The van der Waals surface area contributed by atoms with Gasteiger partial charge in [0.25, 0.3) is 0 Å². The van der Waals surface area contributed by atoms with E-state index in [-0.39, 0.29) is 47.1 Å². The van der Waals surface area contributed by atoms with Crippen molar-refractivity contribution in [2.45, 2.75) is 0 Å². The summed E-state index contributed by atoms with van der Waals surface area (Å²) in [6, 6.07) is 0. The molecule has 0 atom stereocenters. The van der Waals surface area contributed by atoms with Crippen LogP contribution in [-0.4, -0.2) is 8.32 Å². The third-order valence-corrected chi connectivity index (χ3v) is 0. The summed E-state index contributed by atoms with van der Waals surface area (Å²) < 4.78 is 31.9. The van der Waals surface area contributed by atoms with E-state index in [9.17, 15) is 0 Å². The van der Waals surface area contributed by atoms with Crippen molar-refractivity contribution in [2.75, 3.05) is 0 Å². The molecule has 0 heterocycles.